The summed E-state index contributed by atoms with van der Waals surface area (Å²) in [4.78, 5) is 0. The highest BCUT2D eigenvalue weighted by atomic mass is 32.2. The van der Waals surface area contributed by atoms with Crippen molar-refractivity contribution in [3.05, 3.63) is 29.8 Å². The van der Waals surface area contributed by atoms with Crippen LogP contribution in [-0.4, -0.2) is 11.1 Å². The average Bonchev–Trinajstić information content (AvgIpc) is 2.38. The third kappa shape index (κ3) is 6.55. The second kappa shape index (κ2) is 8.45. The first-order valence-corrected chi connectivity index (χ1v) is 8.01. The lowest BCUT2D eigenvalue weighted by Crippen LogP contribution is -2.06. The van der Waals surface area contributed by atoms with Gasteiger partial charge in [-0.15, -0.1) is 11.8 Å². The van der Waals surface area contributed by atoms with Gasteiger partial charge >= 0.3 is 6.18 Å². The molecule has 0 aliphatic rings. The molecular weight excluding hydrogens is 283 g/mol. The Labute approximate surface area is 123 Å². The molecule has 114 valence electrons. The molecule has 1 aromatic carbocycles. The van der Waals surface area contributed by atoms with Crippen molar-refractivity contribution in [2.24, 2.45) is 0 Å². The molecule has 0 amide bonds. The molecule has 0 unspecified atom stereocenters. The number of hydrogen-bond donors (Lipinski definition) is 1. The molecule has 0 radical (unpaired) electrons. The molecule has 5 heteroatoms. The molecular formula is C15H22F3NS. The first-order chi connectivity index (χ1) is 9.43. The molecule has 1 atom stereocenters. The number of halogens is 3. The predicted octanol–water partition coefficient (Wildman–Crippen LogP) is 5.78. The summed E-state index contributed by atoms with van der Waals surface area (Å²) in [5.74, 6) is 0.721. The number of nitrogens with one attached hydrogen (secondary N) is 1. The fourth-order valence-corrected chi connectivity index (χ4v) is 2.68. The van der Waals surface area contributed by atoms with Crippen molar-refractivity contribution >= 4 is 17.4 Å². The summed E-state index contributed by atoms with van der Waals surface area (Å²) in [5.41, 5.74) is 0.120. The van der Waals surface area contributed by atoms with Gasteiger partial charge in [-0.05, 0) is 30.7 Å². The summed E-state index contributed by atoms with van der Waals surface area (Å²) in [6.45, 7) is 4.37. The summed E-state index contributed by atoms with van der Waals surface area (Å²) in [5, 5.41) is 3.71. The first kappa shape index (κ1) is 17.2. The van der Waals surface area contributed by atoms with E-state index in [1.807, 2.05) is 0 Å². The van der Waals surface area contributed by atoms with Crippen molar-refractivity contribution in [1.29, 1.82) is 0 Å². The van der Waals surface area contributed by atoms with E-state index in [9.17, 15) is 13.2 Å². The molecule has 1 aromatic rings. The molecule has 0 fully saturated rings. The third-order valence-corrected chi connectivity index (χ3v) is 4.19. The van der Waals surface area contributed by atoms with Gasteiger partial charge in [-0.3, -0.25) is 0 Å². The molecule has 1 rings (SSSR count). The normalized spacial score (nSPS) is 13.2. The molecule has 20 heavy (non-hydrogen) atoms. The quantitative estimate of drug-likeness (QED) is 0.483. The largest absolute Gasteiger partial charge is 0.416 e. The van der Waals surface area contributed by atoms with Crippen LogP contribution in [0.2, 0.25) is 0 Å². The van der Waals surface area contributed by atoms with Crippen LogP contribution in [0.5, 0.6) is 0 Å². The van der Waals surface area contributed by atoms with Gasteiger partial charge in [0.1, 0.15) is 0 Å². The Morgan fingerprint density at radius 2 is 1.80 bits per heavy atom. The number of unbranched alkanes of at least 4 members (excludes halogenated alkanes) is 2. The van der Waals surface area contributed by atoms with Crippen LogP contribution >= 0.6 is 11.8 Å². The minimum atomic E-state index is -4.26. The van der Waals surface area contributed by atoms with Gasteiger partial charge in [0.15, 0.2) is 0 Å². The van der Waals surface area contributed by atoms with Gasteiger partial charge < -0.3 is 5.32 Å². The topological polar surface area (TPSA) is 12.0 Å². The van der Waals surface area contributed by atoms with E-state index >= 15 is 0 Å². The molecule has 0 aliphatic carbocycles. The Balaban J connectivity index is 2.28. The minimum absolute atomic E-state index is 0.573. The van der Waals surface area contributed by atoms with Gasteiger partial charge in [0.05, 0.1) is 11.4 Å². The van der Waals surface area contributed by atoms with Crippen LogP contribution in [0.1, 0.15) is 45.1 Å². The minimum Gasteiger partial charge on any atom is -0.376 e. The molecule has 1 N–H and O–H groups in total. The van der Waals surface area contributed by atoms with Gasteiger partial charge in [-0.1, -0.05) is 33.1 Å². The Kier molecular flexibility index (Phi) is 7.27. The van der Waals surface area contributed by atoms with Crippen LogP contribution < -0.4 is 5.32 Å². The van der Waals surface area contributed by atoms with E-state index in [2.05, 4.69) is 19.2 Å². The van der Waals surface area contributed by atoms with Crippen LogP contribution in [0, 0.1) is 0 Å². The number of anilines is 1. The Hall–Kier alpha value is -0.840. The molecule has 0 saturated heterocycles. The summed E-state index contributed by atoms with van der Waals surface area (Å²) in [6, 6.07) is 5.17. The van der Waals surface area contributed by atoms with Crippen molar-refractivity contribution in [2.45, 2.75) is 51.0 Å². The predicted molar refractivity (Wildman–Crippen MR) is 81.1 cm³/mol. The van der Waals surface area contributed by atoms with Crippen LogP contribution in [0.25, 0.3) is 0 Å². The summed E-state index contributed by atoms with van der Waals surface area (Å²) in [7, 11) is 0. The highest BCUT2D eigenvalue weighted by Gasteiger charge is 2.29. The standard InChI is InChI=1S/C15H22F3NS/c1-3-4-5-6-12(2)20-11-19-14-9-7-13(8-10-14)15(16,17)18/h7-10,12,19H,3-6,11H2,1-2H3/t12-/m0/s1. The number of rotatable bonds is 8. The molecule has 0 aromatic heterocycles. The van der Waals surface area contributed by atoms with Gasteiger partial charge in [0.25, 0.3) is 0 Å². The van der Waals surface area contributed by atoms with Crippen molar-refractivity contribution in [3.8, 4) is 0 Å². The van der Waals surface area contributed by atoms with Crippen LogP contribution in [-0.2, 0) is 6.18 Å². The van der Waals surface area contributed by atoms with E-state index < -0.39 is 11.7 Å². The average molecular weight is 305 g/mol. The monoisotopic (exact) mass is 305 g/mol. The molecule has 1 nitrogen and oxygen atoms in total. The van der Waals surface area contributed by atoms with E-state index in [0.29, 0.717) is 5.25 Å². The smallest absolute Gasteiger partial charge is 0.376 e. The van der Waals surface area contributed by atoms with E-state index in [-0.39, 0.29) is 0 Å². The zero-order valence-electron chi connectivity index (χ0n) is 12.0. The number of alkyl halides is 3. The second-order valence-electron chi connectivity index (χ2n) is 4.87. The third-order valence-electron chi connectivity index (χ3n) is 3.07. The summed E-state index contributed by atoms with van der Waals surface area (Å²) in [6.07, 6.45) is 0.650. The van der Waals surface area contributed by atoms with Gasteiger partial charge in [0.2, 0.25) is 0 Å². The fraction of sp³-hybridized carbons (Fsp3) is 0.600. The first-order valence-electron chi connectivity index (χ1n) is 6.96. The lowest BCUT2D eigenvalue weighted by Gasteiger charge is -2.13. The second-order valence-corrected chi connectivity index (χ2v) is 6.30. The van der Waals surface area contributed by atoms with Crippen LogP contribution in [0.4, 0.5) is 18.9 Å². The number of thioether (sulfide) groups is 1. The molecule has 0 spiro atoms. The zero-order valence-corrected chi connectivity index (χ0v) is 12.8. The highest BCUT2D eigenvalue weighted by Crippen LogP contribution is 2.30. The van der Waals surface area contributed by atoms with E-state index in [0.717, 1.165) is 23.7 Å². The lowest BCUT2D eigenvalue weighted by molar-refractivity contribution is -0.137. The Morgan fingerprint density at radius 3 is 2.35 bits per heavy atom. The van der Waals surface area contributed by atoms with Crippen molar-refractivity contribution in [2.75, 3.05) is 11.2 Å². The SMILES string of the molecule is CCCCC[C@H](C)SCNc1ccc(C(F)(F)F)cc1. The van der Waals surface area contributed by atoms with Crippen molar-refractivity contribution in [3.63, 3.8) is 0 Å². The Morgan fingerprint density at radius 1 is 1.15 bits per heavy atom. The van der Waals surface area contributed by atoms with Gasteiger partial charge in [-0.2, -0.15) is 13.2 Å². The molecule has 0 heterocycles. The molecule has 0 bridgehead atoms. The van der Waals surface area contributed by atoms with E-state index in [1.165, 1.54) is 37.8 Å². The fourth-order valence-electron chi connectivity index (χ4n) is 1.81. The summed E-state index contributed by atoms with van der Waals surface area (Å²) < 4.78 is 37.2. The van der Waals surface area contributed by atoms with E-state index in [4.69, 9.17) is 0 Å². The van der Waals surface area contributed by atoms with Gasteiger partial charge in [0, 0.05) is 10.9 Å². The molecule has 0 aliphatic heterocycles. The number of hydrogen-bond acceptors (Lipinski definition) is 2. The Bertz CT molecular complexity index is 376. The van der Waals surface area contributed by atoms with Gasteiger partial charge in [-0.25, -0.2) is 0 Å². The highest BCUT2D eigenvalue weighted by molar-refractivity contribution is 7.99. The van der Waals surface area contributed by atoms with E-state index in [1.54, 1.807) is 11.8 Å². The number of benzene rings is 1. The van der Waals surface area contributed by atoms with Crippen molar-refractivity contribution in [1.82, 2.24) is 0 Å². The maximum absolute atomic E-state index is 12.4. The van der Waals surface area contributed by atoms with Crippen LogP contribution in [0.15, 0.2) is 24.3 Å². The maximum Gasteiger partial charge on any atom is 0.416 e. The van der Waals surface area contributed by atoms with Crippen LogP contribution in [0.3, 0.4) is 0 Å². The molecule has 0 saturated carbocycles. The lowest BCUT2D eigenvalue weighted by atomic mass is 10.2. The maximum atomic E-state index is 12.4. The van der Waals surface area contributed by atoms with Crippen molar-refractivity contribution < 1.29 is 13.2 Å². The zero-order chi connectivity index (χ0) is 15.0. The summed E-state index contributed by atoms with van der Waals surface area (Å²) >= 11 is 1.80.